The number of aromatic nitrogens is 2. The SMILES string of the molecule is COc1cccc(CNCCC2CCC(=O)N2Cc2cn3ccc(C)cc3n2)c1. The number of hydrogen-bond acceptors (Lipinski definition) is 4. The van der Waals surface area contributed by atoms with Crippen molar-refractivity contribution in [2.75, 3.05) is 13.7 Å². The van der Waals surface area contributed by atoms with Gasteiger partial charge in [0.1, 0.15) is 11.4 Å². The fraction of sp³-hybridized carbons (Fsp3) is 0.391. The summed E-state index contributed by atoms with van der Waals surface area (Å²) in [4.78, 5) is 19.1. The van der Waals surface area contributed by atoms with E-state index in [1.807, 2.05) is 39.9 Å². The average molecular weight is 393 g/mol. The molecule has 0 bridgehead atoms. The van der Waals surface area contributed by atoms with Gasteiger partial charge in [-0.1, -0.05) is 12.1 Å². The van der Waals surface area contributed by atoms with Gasteiger partial charge in [-0.2, -0.15) is 0 Å². The van der Waals surface area contributed by atoms with Crippen LogP contribution in [-0.2, 0) is 17.9 Å². The highest BCUT2D eigenvalue weighted by Crippen LogP contribution is 2.24. The van der Waals surface area contributed by atoms with Gasteiger partial charge in [0.2, 0.25) is 5.91 Å². The molecule has 1 unspecified atom stereocenters. The number of benzene rings is 1. The molecule has 0 aliphatic carbocycles. The molecule has 1 amide bonds. The van der Waals surface area contributed by atoms with Crippen molar-refractivity contribution in [2.45, 2.75) is 45.3 Å². The third-order valence-corrected chi connectivity index (χ3v) is 5.57. The Hall–Kier alpha value is -2.86. The minimum Gasteiger partial charge on any atom is -0.497 e. The predicted octanol–water partition coefficient (Wildman–Crippen LogP) is 3.32. The Morgan fingerprint density at radius 1 is 1.28 bits per heavy atom. The molecule has 1 atom stereocenters. The van der Waals surface area contributed by atoms with Crippen LogP contribution in [0.3, 0.4) is 0 Å². The molecular formula is C23H28N4O2. The van der Waals surface area contributed by atoms with Crippen LogP contribution in [-0.4, -0.2) is 39.9 Å². The van der Waals surface area contributed by atoms with Crippen molar-refractivity contribution in [3.63, 3.8) is 0 Å². The fourth-order valence-corrected chi connectivity index (χ4v) is 3.98. The molecule has 0 spiro atoms. The molecule has 29 heavy (non-hydrogen) atoms. The number of nitrogens with one attached hydrogen (secondary N) is 1. The molecule has 1 aliphatic rings. The summed E-state index contributed by atoms with van der Waals surface area (Å²) in [6.07, 6.45) is 6.55. The highest BCUT2D eigenvalue weighted by Gasteiger charge is 2.30. The van der Waals surface area contributed by atoms with Crippen molar-refractivity contribution in [1.29, 1.82) is 0 Å². The summed E-state index contributed by atoms with van der Waals surface area (Å²) in [5.74, 6) is 1.11. The van der Waals surface area contributed by atoms with Crippen LogP contribution in [0.4, 0.5) is 0 Å². The Kier molecular flexibility index (Phi) is 5.81. The van der Waals surface area contributed by atoms with Crippen molar-refractivity contribution in [3.05, 3.63) is 65.6 Å². The van der Waals surface area contributed by atoms with E-state index in [1.165, 1.54) is 11.1 Å². The van der Waals surface area contributed by atoms with Gasteiger partial charge in [-0.25, -0.2) is 4.98 Å². The molecule has 6 heteroatoms. The van der Waals surface area contributed by atoms with Gasteiger partial charge in [-0.05, 0) is 61.7 Å². The number of fused-ring (bicyclic) bond motifs is 1. The van der Waals surface area contributed by atoms with Crippen molar-refractivity contribution >= 4 is 11.6 Å². The predicted molar refractivity (Wildman–Crippen MR) is 113 cm³/mol. The summed E-state index contributed by atoms with van der Waals surface area (Å²) < 4.78 is 7.30. The Morgan fingerprint density at radius 3 is 3.03 bits per heavy atom. The monoisotopic (exact) mass is 392 g/mol. The van der Waals surface area contributed by atoms with Gasteiger partial charge in [0.05, 0.1) is 19.3 Å². The number of carbonyl (C=O) groups is 1. The number of ether oxygens (including phenoxy) is 1. The lowest BCUT2D eigenvalue weighted by atomic mass is 10.1. The van der Waals surface area contributed by atoms with Crippen LogP contribution in [0.5, 0.6) is 5.75 Å². The van der Waals surface area contributed by atoms with Crippen LogP contribution in [0, 0.1) is 6.92 Å². The second-order valence-electron chi connectivity index (χ2n) is 7.73. The second kappa shape index (κ2) is 8.66. The van der Waals surface area contributed by atoms with Gasteiger partial charge in [-0.3, -0.25) is 4.79 Å². The first-order chi connectivity index (χ1) is 14.1. The van der Waals surface area contributed by atoms with Crippen molar-refractivity contribution in [1.82, 2.24) is 19.6 Å². The summed E-state index contributed by atoms with van der Waals surface area (Å²) in [6.45, 7) is 4.31. The Balaban J connectivity index is 1.32. The van der Waals surface area contributed by atoms with E-state index in [4.69, 9.17) is 9.72 Å². The lowest BCUT2D eigenvalue weighted by Crippen LogP contribution is -2.34. The van der Waals surface area contributed by atoms with E-state index in [1.54, 1.807) is 7.11 Å². The number of hydrogen-bond donors (Lipinski definition) is 1. The lowest BCUT2D eigenvalue weighted by molar-refractivity contribution is -0.129. The van der Waals surface area contributed by atoms with E-state index >= 15 is 0 Å². The summed E-state index contributed by atoms with van der Waals surface area (Å²) in [7, 11) is 1.68. The maximum atomic E-state index is 12.4. The number of imidazole rings is 1. The largest absolute Gasteiger partial charge is 0.497 e. The Labute approximate surface area is 171 Å². The normalized spacial score (nSPS) is 16.7. The van der Waals surface area contributed by atoms with Crippen molar-refractivity contribution in [2.24, 2.45) is 0 Å². The van der Waals surface area contributed by atoms with Gasteiger partial charge >= 0.3 is 0 Å². The average Bonchev–Trinajstić information content (AvgIpc) is 3.28. The maximum absolute atomic E-state index is 12.4. The summed E-state index contributed by atoms with van der Waals surface area (Å²) >= 11 is 0. The molecule has 2 aromatic heterocycles. The van der Waals surface area contributed by atoms with E-state index in [2.05, 4.69) is 30.4 Å². The van der Waals surface area contributed by atoms with Gasteiger partial charge in [0, 0.05) is 31.4 Å². The van der Waals surface area contributed by atoms with E-state index in [-0.39, 0.29) is 11.9 Å². The minimum absolute atomic E-state index is 0.232. The zero-order valence-electron chi connectivity index (χ0n) is 17.1. The molecule has 0 radical (unpaired) electrons. The highest BCUT2D eigenvalue weighted by molar-refractivity contribution is 5.78. The van der Waals surface area contributed by atoms with E-state index in [0.29, 0.717) is 13.0 Å². The molecule has 1 saturated heterocycles. The van der Waals surface area contributed by atoms with Gasteiger partial charge in [-0.15, -0.1) is 0 Å². The van der Waals surface area contributed by atoms with Gasteiger partial charge in [0.15, 0.2) is 0 Å². The van der Waals surface area contributed by atoms with Crippen molar-refractivity contribution in [3.8, 4) is 5.75 Å². The first-order valence-corrected chi connectivity index (χ1v) is 10.2. The zero-order valence-corrected chi connectivity index (χ0v) is 17.1. The third kappa shape index (κ3) is 4.59. The molecule has 0 saturated carbocycles. The number of amides is 1. The minimum atomic E-state index is 0.232. The van der Waals surface area contributed by atoms with Crippen LogP contribution in [0.2, 0.25) is 0 Å². The molecule has 152 valence electrons. The summed E-state index contributed by atoms with van der Waals surface area (Å²) in [6, 6.07) is 12.5. The highest BCUT2D eigenvalue weighted by atomic mass is 16.5. The Morgan fingerprint density at radius 2 is 2.17 bits per heavy atom. The number of likely N-dealkylation sites (tertiary alicyclic amines) is 1. The van der Waals surface area contributed by atoms with Crippen molar-refractivity contribution < 1.29 is 9.53 Å². The number of methoxy groups -OCH3 is 1. The molecule has 1 aromatic carbocycles. The molecule has 3 heterocycles. The van der Waals surface area contributed by atoms with Crippen LogP contribution in [0.15, 0.2) is 48.8 Å². The number of nitrogens with zero attached hydrogens (tertiary/aromatic N) is 3. The molecule has 1 fully saturated rings. The zero-order chi connectivity index (χ0) is 20.2. The second-order valence-corrected chi connectivity index (χ2v) is 7.73. The molecule has 1 aliphatic heterocycles. The van der Waals surface area contributed by atoms with Crippen LogP contribution in [0.1, 0.15) is 36.1 Å². The number of carbonyl (C=O) groups excluding carboxylic acids is 1. The van der Waals surface area contributed by atoms with E-state index in [0.717, 1.165) is 43.0 Å². The lowest BCUT2D eigenvalue weighted by Gasteiger charge is -2.24. The van der Waals surface area contributed by atoms with Crippen LogP contribution < -0.4 is 10.1 Å². The molecule has 3 aromatic rings. The molecule has 6 nitrogen and oxygen atoms in total. The standard InChI is InChI=1S/C23H28N4O2/c1-17-9-11-26-15-19(25-22(26)12-17)16-27-20(6-7-23(27)28)8-10-24-14-18-4-3-5-21(13-18)29-2/h3-5,9,11-13,15,20,24H,6-8,10,14,16H2,1-2H3. The smallest absolute Gasteiger partial charge is 0.223 e. The van der Waals surface area contributed by atoms with E-state index < -0.39 is 0 Å². The summed E-state index contributed by atoms with van der Waals surface area (Å²) in [5, 5.41) is 3.49. The molecule has 4 rings (SSSR count). The third-order valence-electron chi connectivity index (χ3n) is 5.57. The van der Waals surface area contributed by atoms with Crippen LogP contribution >= 0.6 is 0 Å². The van der Waals surface area contributed by atoms with Crippen LogP contribution in [0.25, 0.3) is 5.65 Å². The fourth-order valence-electron chi connectivity index (χ4n) is 3.98. The first kappa shape index (κ1) is 19.5. The molecule has 1 N–H and O–H groups in total. The number of aryl methyl sites for hydroxylation is 1. The topological polar surface area (TPSA) is 58.9 Å². The molecular weight excluding hydrogens is 364 g/mol. The summed E-state index contributed by atoms with van der Waals surface area (Å²) in [5.41, 5.74) is 4.26. The number of rotatable bonds is 8. The van der Waals surface area contributed by atoms with Gasteiger partial charge in [0.25, 0.3) is 0 Å². The van der Waals surface area contributed by atoms with E-state index in [9.17, 15) is 4.79 Å². The first-order valence-electron chi connectivity index (χ1n) is 10.2. The Bertz CT molecular complexity index is 997. The van der Waals surface area contributed by atoms with Gasteiger partial charge < -0.3 is 19.4 Å². The number of pyridine rings is 1. The quantitative estimate of drug-likeness (QED) is 0.598. The maximum Gasteiger partial charge on any atom is 0.223 e.